The summed E-state index contributed by atoms with van der Waals surface area (Å²) in [6, 6.07) is 1.90. The summed E-state index contributed by atoms with van der Waals surface area (Å²) in [7, 11) is 0. The van der Waals surface area contributed by atoms with Gasteiger partial charge >= 0.3 is 0 Å². The van der Waals surface area contributed by atoms with Gasteiger partial charge in [-0.25, -0.2) is 4.99 Å². The first-order valence-electron chi connectivity index (χ1n) is 4.34. The van der Waals surface area contributed by atoms with Gasteiger partial charge < -0.3 is 15.7 Å². The summed E-state index contributed by atoms with van der Waals surface area (Å²) in [5, 5.41) is 17.5. The fourth-order valence-electron chi connectivity index (χ4n) is 1.31. The van der Waals surface area contributed by atoms with Gasteiger partial charge in [-0.3, -0.25) is 0 Å². The smallest absolute Gasteiger partial charge is 0.192 e. The van der Waals surface area contributed by atoms with Crippen LogP contribution in [0.2, 0.25) is 0 Å². The molecular weight excluding hydrogens is 168 g/mol. The summed E-state index contributed by atoms with van der Waals surface area (Å²) in [5.74, 6) is 0.411. The first kappa shape index (κ1) is 9.81. The van der Waals surface area contributed by atoms with Crippen molar-refractivity contribution in [2.24, 2.45) is 10.7 Å². The number of nitriles is 1. The first-order valence-corrected chi connectivity index (χ1v) is 4.34. The van der Waals surface area contributed by atoms with Gasteiger partial charge in [0.05, 0.1) is 12.2 Å². The van der Waals surface area contributed by atoms with Gasteiger partial charge in [0.1, 0.15) is 6.54 Å². The van der Waals surface area contributed by atoms with Crippen LogP contribution in [-0.4, -0.2) is 41.7 Å². The summed E-state index contributed by atoms with van der Waals surface area (Å²) < 4.78 is 0. The maximum atomic E-state index is 9.23. The number of nitrogens with two attached hydrogens (primary N) is 1. The van der Waals surface area contributed by atoms with E-state index in [-0.39, 0.29) is 12.6 Å². The third-order valence-corrected chi connectivity index (χ3v) is 2.10. The molecule has 0 unspecified atom stereocenters. The summed E-state index contributed by atoms with van der Waals surface area (Å²) in [6.45, 7) is 1.55. The van der Waals surface area contributed by atoms with Crippen molar-refractivity contribution in [3.63, 3.8) is 0 Å². The normalized spacial score (nSPS) is 20.0. The maximum Gasteiger partial charge on any atom is 0.192 e. The zero-order valence-electron chi connectivity index (χ0n) is 7.48. The fourth-order valence-corrected chi connectivity index (χ4v) is 1.31. The lowest BCUT2D eigenvalue weighted by Gasteiger charge is -2.30. The first-order chi connectivity index (χ1) is 6.24. The third-order valence-electron chi connectivity index (χ3n) is 2.10. The number of rotatable bonds is 1. The Labute approximate surface area is 77.5 Å². The minimum atomic E-state index is -0.208. The molecule has 0 aromatic carbocycles. The predicted octanol–water partition coefficient (Wildman–Crippen LogP) is -0.719. The molecule has 1 fully saturated rings. The van der Waals surface area contributed by atoms with Crippen LogP contribution in [0.4, 0.5) is 0 Å². The number of piperidine rings is 1. The molecule has 1 aliphatic heterocycles. The number of nitrogens with zero attached hydrogens (tertiary/aromatic N) is 3. The van der Waals surface area contributed by atoms with Crippen LogP contribution in [-0.2, 0) is 0 Å². The van der Waals surface area contributed by atoms with Crippen LogP contribution in [0.25, 0.3) is 0 Å². The second-order valence-electron chi connectivity index (χ2n) is 3.05. The molecule has 5 nitrogen and oxygen atoms in total. The van der Waals surface area contributed by atoms with E-state index in [9.17, 15) is 5.11 Å². The number of hydrogen-bond acceptors (Lipinski definition) is 3. The maximum absolute atomic E-state index is 9.23. The van der Waals surface area contributed by atoms with Gasteiger partial charge in [0.2, 0.25) is 0 Å². The number of likely N-dealkylation sites (tertiary alicyclic amines) is 1. The lowest BCUT2D eigenvalue weighted by Crippen LogP contribution is -2.44. The zero-order chi connectivity index (χ0) is 9.68. The molecule has 72 valence electrons. The minimum Gasteiger partial charge on any atom is -0.393 e. The Bertz CT molecular complexity index is 225. The molecule has 13 heavy (non-hydrogen) atoms. The van der Waals surface area contributed by atoms with E-state index in [4.69, 9.17) is 11.0 Å². The molecule has 0 bridgehead atoms. The van der Waals surface area contributed by atoms with E-state index in [2.05, 4.69) is 4.99 Å². The summed E-state index contributed by atoms with van der Waals surface area (Å²) in [5.41, 5.74) is 5.62. The van der Waals surface area contributed by atoms with E-state index in [1.807, 2.05) is 11.0 Å². The molecule has 1 heterocycles. The second-order valence-corrected chi connectivity index (χ2v) is 3.05. The fraction of sp³-hybridized carbons (Fsp3) is 0.750. The van der Waals surface area contributed by atoms with Crippen LogP contribution in [0.15, 0.2) is 4.99 Å². The van der Waals surface area contributed by atoms with Crippen LogP contribution < -0.4 is 5.73 Å². The van der Waals surface area contributed by atoms with Crippen molar-refractivity contribution in [3.8, 4) is 6.07 Å². The summed E-state index contributed by atoms with van der Waals surface area (Å²) in [6.07, 6.45) is 1.24. The van der Waals surface area contributed by atoms with E-state index in [1.165, 1.54) is 0 Å². The molecule has 0 amide bonds. The summed E-state index contributed by atoms with van der Waals surface area (Å²) >= 11 is 0. The molecule has 3 N–H and O–H groups in total. The lowest BCUT2D eigenvalue weighted by molar-refractivity contribution is 0.109. The molecule has 5 heteroatoms. The van der Waals surface area contributed by atoms with Gasteiger partial charge in [-0.2, -0.15) is 5.26 Å². The molecular formula is C8H14N4O. The second kappa shape index (κ2) is 4.67. The van der Waals surface area contributed by atoms with Crippen LogP contribution in [0.1, 0.15) is 12.8 Å². The monoisotopic (exact) mass is 182 g/mol. The number of aliphatic hydroxyl groups is 1. The zero-order valence-corrected chi connectivity index (χ0v) is 7.48. The molecule has 0 atom stereocenters. The Morgan fingerprint density at radius 1 is 1.62 bits per heavy atom. The Balaban J connectivity index is 2.40. The highest BCUT2D eigenvalue weighted by Crippen LogP contribution is 2.08. The van der Waals surface area contributed by atoms with Gasteiger partial charge in [-0.05, 0) is 12.8 Å². The topological polar surface area (TPSA) is 85.6 Å². The summed E-state index contributed by atoms with van der Waals surface area (Å²) in [4.78, 5) is 5.76. The number of aliphatic hydroxyl groups excluding tert-OH is 1. The largest absolute Gasteiger partial charge is 0.393 e. The number of guanidine groups is 1. The SMILES string of the molecule is N#CCN=C(N)N1CCC(O)CC1. The van der Waals surface area contributed by atoms with Crippen LogP contribution >= 0.6 is 0 Å². The molecule has 0 aromatic rings. The van der Waals surface area contributed by atoms with Gasteiger partial charge in [0.15, 0.2) is 5.96 Å². The number of aliphatic imine (C=N–C) groups is 1. The standard InChI is InChI=1S/C8H14N4O/c9-3-4-11-8(10)12-5-1-7(13)2-6-12/h7,13H,1-2,4-6H2,(H2,10,11). The highest BCUT2D eigenvalue weighted by atomic mass is 16.3. The van der Waals surface area contributed by atoms with Crippen molar-refractivity contribution in [1.29, 1.82) is 5.26 Å². The average Bonchev–Trinajstić information content (AvgIpc) is 2.15. The van der Waals surface area contributed by atoms with E-state index in [0.29, 0.717) is 5.96 Å². The highest BCUT2D eigenvalue weighted by molar-refractivity contribution is 5.78. The molecule has 1 rings (SSSR count). The van der Waals surface area contributed by atoms with E-state index >= 15 is 0 Å². The van der Waals surface area contributed by atoms with Crippen LogP contribution in [0.3, 0.4) is 0 Å². The van der Waals surface area contributed by atoms with Crippen molar-refractivity contribution in [3.05, 3.63) is 0 Å². The van der Waals surface area contributed by atoms with Crippen molar-refractivity contribution in [2.75, 3.05) is 19.6 Å². The molecule has 1 aliphatic rings. The lowest BCUT2D eigenvalue weighted by atomic mass is 10.1. The minimum absolute atomic E-state index is 0.102. The average molecular weight is 182 g/mol. The van der Waals surface area contributed by atoms with Gasteiger partial charge in [-0.15, -0.1) is 0 Å². The van der Waals surface area contributed by atoms with Crippen LogP contribution in [0.5, 0.6) is 0 Å². The van der Waals surface area contributed by atoms with Crippen molar-refractivity contribution in [2.45, 2.75) is 18.9 Å². The molecule has 0 spiro atoms. The highest BCUT2D eigenvalue weighted by Gasteiger charge is 2.17. The van der Waals surface area contributed by atoms with Crippen molar-refractivity contribution < 1.29 is 5.11 Å². The molecule has 1 saturated heterocycles. The van der Waals surface area contributed by atoms with Gasteiger partial charge in [0.25, 0.3) is 0 Å². The Kier molecular flexibility index (Phi) is 3.53. The Hall–Kier alpha value is -1.28. The van der Waals surface area contributed by atoms with Crippen LogP contribution in [0, 0.1) is 11.3 Å². The van der Waals surface area contributed by atoms with Gasteiger partial charge in [0, 0.05) is 13.1 Å². The van der Waals surface area contributed by atoms with Crippen molar-refractivity contribution >= 4 is 5.96 Å². The molecule has 0 saturated carbocycles. The predicted molar refractivity (Wildman–Crippen MR) is 48.9 cm³/mol. The van der Waals surface area contributed by atoms with Crippen molar-refractivity contribution in [1.82, 2.24) is 4.90 Å². The molecule has 0 aromatic heterocycles. The molecule has 0 aliphatic carbocycles. The van der Waals surface area contributed by atoms with E-state index < -0.39 is 0 Å². The van der Waals surface area contributed by atoms with E-state index in [1.54, 1.807) is 0 Å². The Morgan fingerprint density at radius 3 is 2.77 bits per heavy atom. The number of hydrogen-bond donors (Lipinski definition) is 2. The quantitative estimate of drug-likeness (QED) is 0.318. The van der Waals surface area contributed by atoms with Gasteiger partial charge in [-0.1, -0.05) is 0 Å². The third kappa shape index (κ3) is 2.92. The Morgan fingerprint density at radius 2 is 2.23 bits per heavy atom. The molecule has 0 radical (unpaired) electrons. The van der Waals surface area contributed by atoms with E-state index in [0.717, 1.165) is 25.9 Å².